The van der Waals surface area contributed by atoms with Crippen molar-refractivity contribution in [2.24, 2.45) is 5.92 Å². The van der Waals surface area contributed by atoms with Gasteiger partial charge in [-0.15, -0.1) is 0 Å². The van der Waals surface area contributed by atoms with Gasteiger partial charge in [0.15, 0.2) is 0 Å². The average Bonchev–Trinajstić information content (AvgIpc) is 3.32. The highest BCUT2D eigenvalue weighted by Crippen LogP contribution is 2.39. The number of carbonyl (C=O) groups is 1. The Labute approximate surface area is 135 Å². The first-order valence-electron chi connectivity index (χ1n) is 7.68. The number of hydrogen-bond donors (Lipinski definition) is 2. The van der Waals surface area contributed by atoms with Crippen molar-refractivity contribution in [3.8, 4) is 6.07 Å². The molecule has 1 aliphatic rings. The van der Waals surface area contributed by atoms with Crippen LogP contribution in [0.1, 0.15) is 31.4 Å². The number of nitrogens with zero attached hydrogens (tertiary/aromatic N) is 2. The molecule has 2 atom stereocenters. The zero-order valence-electron chi connectivity index (χ0n) is 13.4. The summed E-state index contributed by atoms with van der Waals surface area (Å²) in [4.78, 5) is 13.8. The van der Waals surface area contributed by atoms with Crippen LogP contribution < -0.4 is 5.32 Å². The largest absolute Gasteiger partial charge is 0.387 e. The number of nitriles is 1. The molecule has 1 aromatic rings. The van der Waals surface area contributed by atoms with Crippen molar-refractivity contribution < 1.29 is 14.3 Å². The van der Waals surface area contributed by atoms with E-state index in [9.17, 15) is 19.6 Å². The summed E-state index contributed by atoms with van der Waals surface area (Å²) >= 11 is 0. The lowest BCUT2D eigenvalue weighted by Crippen LogP contribution is -2.50. The molecular formula is C17H22FN3O2. The third kappa shape index (κ3) is 4.75. The predicted molar refractivity (Wildman–Crippen MR) is 83.7 cm³/mol. The second kappa shape index (κ2) is 7.07. The molecule has 1 amide bonds. The fourth-order valence-electron chi connectivity index (χ4n) is 2.61. The van der Waals surface area contributed by atoms with Crippen LogP contribution in [0.2, 0.25) is 0 Å². The lowest BCUT2D eigenvalue weighted by molar-refractivity contribution is -0.123. The molecule has 0 heterocycles. The van der Waals surface area contributed by atoms with E-state index < -0.39 is 11.6 Å². The molecule has 0 aromatic heterocycles. The molecule has 23 heavy (non-hydrogen) atoms. The molecule has 1 saturated carbocycles. The van der Waals surface area contributed by atoms with Crippen molar-refractivity contribution >= 4 is 5.91 Å². The van der Waals surface area contributed by atoms with Crippen LogP contribution in [-0.2, 0) is 4.79 Å². The Morgan fingerprint density at radius 2 is 2.13 bits per heavy atom. The number of nitrogens with one attached hydrogen (secondary N) is 1. The summed E-state index contributed by atoms with van der Waals surface area (Å²) in [5.74, 6) is -0.370. The van der Waals surface area contributed by atoms with Crippen molar-refractivity contribution in [1.29, 1.82) is 5.26 Å². The van der Waals surface area contributed by atoms with Gasteiger partial charge in [-0.2, -0.15) is 5.26 Å². The maximum atomic E-state index is 12.9. The third-order valence-corrected chi connectivity index (χ3v) is 4.18. The number of carbonyl (C=O) groups excluding carboxylic acids is 1. The summed E-state index contributed by atoms with van der Waals surface area (Å²) in [6.07, 6.45) is 1.12. The second-order valence-electron chi connectivity index (χ2n) is 6.40. The van der Waals surface area contributed by atoms with Gasteiger partial charge in [-0.3, -0.25) is 9.69 Å². The van der Waals surface area contributed by atoms with Gasteiger partial charge in [-0.25, -0.2) is 4.39 Å². The molecule has 0 aliphatic heterocycles. The number of aliphatic hydroxyl groups is 1. The number of amides is 1. The summed E-state index contributed by atoms with van der Waals surface area (Å²) in [5, 5.41) is 22.2. The van der Waals surface area contributed by atoms with Crippen LogP contribution in [0.3, 0.4) is 0 Å². The molecule has 0 radical (unpaired) electrons. The van der Waals surface area contributed by atoms with Crippen molar-refractivity contribution in [2.75, 3.05) is 20.1 Å². The lowest BCUT2D eigenvalue weighted by atomic mass is 9.98. The number of rotatable bonds is 7. The first-order valence-corrected chi connectivity index (χ1v) is 7.68. The molecule has 0 spiro atoms. The Morgan fingerprint density at radius 3 is 2.65 bits per heavy atom. The topological polar surface area (TPSA) is 76.4 Å². The predicted octanol–water partition coefficient (Wildman–Crippen LogP) is 1.60. The zero-order valence-corrected chi connectivity index (χ0v) is 13.4. The SMILES string of the molecule is CN(CC(=O)N[C@](C)(C#N)C1CC1)C[C@@H](O)c1ccc(F)cc1. The van der Waals surface area contributed by atoms with Gasteiger partial charge in [0.25, 0.3) is 0 Å². The van der Waals surface area contributed by atoms with Crippen molar-refractivity contribution in [3.05, 3.63) is 35.6 Å². The van der Waals surface area contributed by atoms with E-state index in [1.165, 1.54) is 24.3 Å². The minimum absolute atomic E-state index is 0.0856. The maximum Gasteiger partial charge on any atom is 0.235 e. The molecule has 2 rings (SSSR count). The van der Waals surface area contributed by atoms with Crippen LogP contribution in [0, 0.1) is 23.1 Å². The number of hydrogen-bond acceptors (Lipinski definition) is 4. The van der Waals surface area contributed by atoms with Gasteiger partial charge in [-0.05, 0) is 50.4 Å². The Morgan fingerprint density at radius 1 is 1.52 bits per heavy atom. The highest BCUT2D eigenvalue weighted by atomic mass is 19.1. The van der Waals surface area contributed by atoms with E-state index in [4.69, 9.17) is 0 Å². The smallest absolute Gasteiger partial charge is 0.235 e. The summed E-state index contributed by atoms with van der Waals surface area (Å²) in [5.41, 5.74) is -0.216. The first-order chi connectivity index (χ1) is 10.8. The highest BCUT2D eigenvalue weighted by molar-refractivity contribution is 5.79. The van der Waals surface area contributed by atoms with Crippen LogP contribution in [-0.4, -0.2) is 41.6 Å². The monoisotopic (exact) mass is 319 g/mol. The van der Waals surface area contributed by atoms with E-state index in [1.54, 1.807) is 18.9 Å². The Bertz CT molecular complexity index is 595. The maximum absolute atomic E-state index is 12.9. The molecule has 1 fully saturated rings. The minimum atomic E-state index is -0.812. The van der Waals surface area contributed by atoms with E-state index in [2.05, 4.69) is 11.4 Å². The fourth-order valence-corrected chi connectivity index (χ4v) is 2.61. The molecule has 2 N–H and O–H groups in total. The molecule has 0 saturated heterocycles. The number of aliphatic hydroxyl groups excluding tert-OH is 1. The summed E-state index contributed by atoms with van der Waals surface area (Å²) in [7, 11) is 1.72. The van der Waals surface area contributed by atoms with Crippen molar-refractivity contribution in [3.63, 3.8) is 0 Å². The van der Waals surface area contributed by atoms with Crippen molar-refractivity contribution in [2.45, 2.75) is 31.4 Å². The van der Waals surface area contributed by atoms with Gasteiger partial charge >= 0.3 is 0 Å². The minimum Gasteiger partial charge on any atom is -0.387 e. The molecule has 0 unspecified atom stereocenters. The Balaban J connectivity index is 1.84. The van der Waals surface area contributed by atoms with E-state index >= 15 is 0 Å². The van der Waals surface area contributed by atoms with Crippen LogP contribution in [0.5, 0.6) is 0 Å². The number of likely N-dealkylation sites (N-methyl/N-ethyl adjacent to an activating group) is 1. The first kappa shape index (κ1) is 17.4. The fraction of sp³-hybridized carbons (Fsp3) is 0.529. The van der Waals surface area contributed by atoms with E-state index in [-0.39, 0.29) is 30.7 Å². The molecule has 0 bridgehead atoms. The van der Waals surface area contributed by atoms with E-state index in [0.29, 0.717) is 5.56 Å². The van der Waals surface area contributed by atoms with Crippen LogP contribution in [0.4, 0.5) is 4.39 Å². The van der Waals surface area contributed by atoms with Gasteiger partial charge in [0.2, 0.25) is 5.91 Å². The number of benzene rings is 1. The Hall–Kier alpha value is -1.97. The molecule has 5 nitrogen and oxygen atoms in total. The highest BCUT2D eigenvalue weighted by Gasteiger charge is 2.43. The van der Waals surface area contributed by atoms with Gasteiger partial charge < -0.3 is 10.4 Å². The van der Waals surface area contributed by atoms with Gasteiger partial charge in [0.05, 0.1) is 18.7 Å². The molecule has 6 heteroatoms. The van der Waals surface area contributed by atoms with Crippen molar-refractivity contribution in [1.82, 2.24) is 10.2 Å². The molecule has 124 valence electrons. The summed E-state index contributed by atoms with van der Waals surface area (Å²) < 4.78 is 12.9. The summed E-state index contributed by atoms with van der Waals surface area (Å²) in [6, 6.07) is 7.81. The molecule has 1 aliphatic carbocycles. The van der Waals surface area contributed by atoms with Crippen LogP contribution >= 0.6 is 0 Å². The molecular weight excluding hydrogens is 297 g/mol. The van der Waals surface area contributed by atoms with Gasteiger partial charge in [-0.1, -0.05) is 12.1 Å². The average molecular weight is 319 g/mol. The molecule has 1 aromatic carbocycles. The van der Waals surface area contributed by atoms with Gasteiger partial charge in [0, 0.05) is 6.54 Å². The zero-order chi connectivity index (χ0) is 17.0. The summed E-state index contributed by atoms with van der Waals surface area (Å²) in [6.45, 7) is 2.07. The van der Waals surface area contributed by atoms with Crippen LogP contribution in [0.25, 0.3) is 0 Å². The number of halogens is 1. The third-order valence-electron chi connectivity index (χ3n) is 4.18. The Kier molecular flexibility index (Phi) is 5.34. The quantitative estimate of drug-likeness (QED) is 0.800. The lowest BCUT2D eigenvalue weighted by Gasteiger charge is -2.25. The van der Waals surface area contributed by atoms with E-state index in [1.807, 2.05) is 0 Å². The van der Waals surface area contributed by atoms with Crippen LogP contribution in [0.15, 0.2) is 24.3 Å². The normalized spacial score (nSPS) is 18.1. The van der Waals surface area contributed by atoms with E-state index in [0.717, 1.165) is 12.8 Å². The standard InChI is InChI=1S/C17H22FN3O2/c1-17(11-19,13-5-6-13)20-16(23)10-21(2)9-15(22)12-3-7-14(18)8-4-12/h3-4,7-8,13,15,22H,5-6,9-10H2,1-2H3,(H,20,23)/t15-,17-/m1/s1. The second-order valence-corrected chi connectivity index (χ2v) is 6.40. The van der Waals surface area contributed by atoms with Gasteiger partial charge in [0.1, 0.15) is 11.4 Å².